The lowest BCUT2D eigenvalue weighted by molar-refractivity contribution is -0.0350. The maximum Gasteiger partial charge on any atom is 0.136 e. The molecule has 1 aliphatic rings. The van der Waals surface area contributed by atoms with Gasteiger partial charge in [-0.1, -0.05) is 0 Å². The molecule has 1 fully saturated rings. The highest BCUT2D eigenvalue weighted by Crippen LogP contribution is 2.35. The van der Waals surface area contributed by atoms with E-state index in [0.717, 1.165) is 6.42 Å². The van der Waals surface area contributed by atoms with Crippen LogP contribution in [0.5, 0.6) is 0 Å². The van der Waals surface area contributed by atoms with Crippen molar-refractivity contribution in [2.24, 2.45) is 5.90 Å². The fourth-order valence-corrected chi connectivity index (χ4v) is 0.854. The first kappa shape index (κ1) is 5.98. The molecular weight excluding hydrogens is 109 g/mol. The predicted molar refractivity (Wildman–Crippen MR) is 27.8 cm³/mol. The van der Waals surface area contributed by atoms with E-state index in [1.54, 1.807) is 0 Å². The van der Waals surface area contributed by atoms with Gasteiger partial charge in [0.05, 0.1) is 0 Å². The van der Waals surface area contributed by atoms with Crippen molar-refractivity contribution in [1.29, 1.82) is 0 Å². The van der Waals surface area contributed by atoms with E-state index < -0.39 is 5.67 Å². The Morgan fingerprint density at radius 3 is 2.38 bits per heavy atom. The molecule has 0 heterocycles. The van der Waals surface area contributed by atoms with Crippen LogP contribution in [0.1, 0.15) is 19.3 Å². The molecule has 48 valence electrons. The van der Waals surface area contributed by atoms with E-state index in [1.807, 2.05) is 0 Å². The van der Waals surface area contributed by atoms with Gasteiger partial charge in [0.2, 0.25) is 0 Å². The Bertz CT molecular complexity index is 82.5. The molecule has 0 aromatic rings. The lowest BCUT2D eigenvalue weighted by Gasteiger charge is -2.32. The second-order valence-corrected chi connectivity index (χ2v) is 2.32. The van der Waals surface area contributed by atoms with Gasteiger partial charge in [0.25, 0.3) is 0 Å². The number of halogens is 1. The number of nitrogens with two attached hydrogens (primary N) is 1. The van der Waals surface area contributed by atoms with Crippen LogP contribution >= 0.6 is 0 Å². The first-order valence-electron chi connectivity index (χ1n) is 2.77. The molecule has 0 saturated heterocycles. The second kappa shape index (κ2) is 1.99. The zero-order chi connectivity index (χ0) is 6.04. The molecule has 0 unspecified atom stereocenters. The number of hydrogen-bond acceptors (Lipinski definition) is 2. The summed E-state index contributed by atoms with van der Waals surface area (Å²) in [5.41, 5.74) is -1.07. The van der Waals surface area contributed by atoms with Gasteiger partial charge in [0.15, 0.2) is 0 Å². The Balaban J connectivity index is 2.20. The lowest BCUT2D eigenvalue weighted by atomic mass is 9.83. The number of hydrogen-bond donors (Lipinski definition) is 1. The molecule has 0 amide bonds. The smallest absolute Gasteiger partial charge is 0.136 e. The van der Waals surface area contributed by atoms with Crippen molar-refractivity contribution in [3.05, 3.63) is 0 Å². The largest absolute Gasteiger partial charge is 0.301 e. The molecule has 0 spiro atoms. The van der Waals surface area contributed by atoms with E-state index in [9.17, 15) is 4.39 Å². The summed E-state index contributed by atoms with van der Waals surface area (Å²) in [4.78, 5) is 4.17. The molecule has 0 aromatic heterocycles. The van der Waals surface area contributed by atoms with Crippen LogP contribution in [0.15, 0.2) is 0 Å². The number of rotatable bonds is 2. The van der Waals surface area contributed by atoms with Crippen LogP contribution in [0.3, 0.4) is 0 Å². The summed E-state index contributed by atoms with van der Waals surface area (Å²) in [6.07, 6.45) is 2.20. The highest BCUT2D eigenvalue weighted by atomic mass is 19.1. The molecule has 1 aliphatic carbocycles. The monoisotopic (exact) mass is 119 g/mol. The average molecular weight is 119 g/mol. The van der Waals surface area contributed by atoms with Crippen molar-refractivity contribution in [2.75, 3.05) is 6.61 Å². The molecule has 1 saturated carbocycles. The van der Waals surface area contributed by atoms with Crippen molar-refractivity contribution in [3.8, 4) is 0 Å². The fourth-order valence-electron chi connectivity index (χ4n) is 0.854. The molecule has 1 rings (SSSR count). The van der Waals surface area contributed by atoms with Gasteiger partial charge in [-0.15, -0.1) is 0 Å². The van der Waals surface area contributed by atoms with Crippen LogP contribution in [0.4, 0.5) is 4.39 Å². The third kappa shape index (κ3) is 0.980. The van der Waals surface area contributed by atoms with E-state index in [4.69, 9.17) is 0 Å². The molecule has 8 heavy (non-hydrogen) atoms. The molecular formula is C5H10FNO. The van der Waals surface area contributed by atoms with Crippen molar-refractivity contribution in [3.63, 3.8) is 0 Å². The Hall–Kier alpha value is -0.150. The summed E-state index contributed by atoms with van der Waals surface area (Å²) in [7, 11) is 0. The summed E-state index contributed by atoms with van der Waals surface area (Å²) < 4.78 is 12.7. The molecule has 0 atom stereocenters. The van der Waals surface area contributed by atoms with Gasteiger partial charge in [0, 0.05) is 0 Å². The first-order chi connectivity index (χ1) is 3.77. The van der Waals surface area contributed by atoms with Crippen molar-refractivity contribution in [2.45, 2.75) is 24.9 Å². The molecule has 0 aromatic carbocycles. The molecule has 2 nitrogen and oxygen atoms in total. The zero-order valence-electron chi connectivity index (χ0n) is 4.69. The molecule has 0 bridgehead atoms. The predicted octanol–water partition coefficient (Wildman–Crippen LogP) is 0.769. The zero-order valence-corrected chi connectivity index (χ0v) is 4.69. The highest BCUT2D eigenvalue weighted by molar-refractivity contribution is 4.87. The van der Waals surface area contributed by atoms with Crippen LogP contribution in [-0.4, -0.2) is 12.3 Å². The summed E-state index contributed by atoms with van der Waals surface area (Å²) in [5, 5.41) is 0. The first-order valence-corrected chi connectivity index (χ1v) is 2.77. The fraction of sp³-hybridized carbons (Fsp3) is 1.00. The van der Waals surface area contributed by atoms with Crippen LogP contribution in [0, 0.1) is 0 Å². The minimum Gasteiger partial charge on any atom is -0.301 e. The van der Waals surface area contributed by atoms with E-state index in [1.165, 1.54) is 0 Å². The van der Waals surface area contributed by atoms with Crippen molar-refractivity contribution < 1.29 is 9.23 Å². The van der Waals surface area contributed by atoms with E-state index >= 15 is 0 Å². The molecule has 0 radical (unpaired) electrons. The van der Waals surface area contributed by atoms with Crippen LogP contribution in [0.2, 0.25) is 0 Å². The molecule has 0 aliphatic heterocycles. The van der Waals surface area contributed by atoms with E-state index in [0.29, 0.717) is 12.8 Å². The minimum atomic E-state index is -1.07. The van der Waals surface area contributed by atoms with Gasteiger partial charge < -0.3 is 4.84 Å². The van der Waals surface area contributed by atoms with Gasteiger partial charge in [-0.3, -0.25) is 0 Å². The molecule has 3 heteroatoms. The summed E-state index contributed by atoms with van der Waals surface area (Å²) >= 11 is 0. The van der Waals surface area contributed by atoms with Gasteiger partial charge >= 0.3 is 0 Å². The Morgan fingerprint density at radius 2 is 2.25 bits per heavy atom. The topological polar surface area (TPSA) is 35.2 Å². The third-order valence-electron chi connectivity index (χ3n) is 1.59. The minimum absolute atomic E-state index is 0.0625. The van der Waals surface area contributed by atoms with Crippen LogP contribution in [0.25, 0.3) is 0 Å². The third-order valence-corrected chi connectivity index (χ3v) is 1.59. The van der Waals surface area contributed by atoms with Gasteiger partial charge in [0.1, 0.15) is 12.3 Å². The van der Waals surface area contributed by atoms with E-state index in [2.05, 4.69) is 10.7 Å². The van der Waals surface area contributed by atoms with Gasteiger partial charge in [-0.05, 0) is 19.3 Å². The Morgan fingerprint density at radius 1 is 1.62 bits per heavy atom. The Kier molecular flexibility index (Phi) is 1.49. The SMILES string of the molecule is NOCC1(F)CCC1. The van der Waals surface area contributed by atoms with Crippen molar-refractivity contribution >= 4 is 0 Å². The Labute approximate surface area is 47.8 Å². The molecule has 2 N–H and O–H groups in total. The van der Waals surface area contributed by atoms with E-state index in [-0.39, 0.29) is 6.61 Å². The number of alkyl halides is 1. The highest BCUT2D eigenvalue weighted by Gasteiger charge is 2.36. The standard InChI is InChI=1S/C5H10FNO/c6-5(4-8-7)2-1-3-5/h1-4,7H2. The second-order valence-electron chi connectivity index (χ2n) is 2.32. The van der Waals surface area contributed by atoms with Gasteiger partial charge in [-0.25, -0.2) is 10.3 Å². The summed E-state index contributed by atoms with van der Waals surface area (Å²) in [5.74, 6) is 4.68. The maximum atomic E-state index is 12.7. The summed E-state index contributed by atoms with van der Waals surface area (Å²) in [6, 6.07) is 0. The normalized spacial score (nSPS) is 24.8. The quantitative estimate of drug-likeness (QED) is 0.545. The van der Waals surface area contributed by atoms with Crippen LogP contribution < -0.4 is 5.90 Å². The lowest BCUT2D eigenvalue weighted by Crippen LogP contribution is -2.37. The van der Waals surface area contributed by atoms with Crippen LogP contribution in [-0.2, 0) is 4.84 Å². The van der Waals surface area contributed by atoms with Gasteiger partial charge in [-0.2, -0.15) is 0 Å². The van der Waals surface area contributed by atoms with Crippen molar-refractivity contribution in [1.82, 2.24) is 0 Å². The maximum absolute atomic E-state index is 12.7. The average Bonchev–Trinajstić information content (AvgIpc) is 1.64. The summed E-state index contributed by atoms with van der Waals surface area (Å²) in [6.45, 7) is 0.0625.